The van der Waals surface area contributed by atoms with Crippen molar-refractivity contribution in [2.45, 2.75) is 57.0 Å². The molecule has 5 heteroatoms. The van der Waals surface area contributed by atoms with Crippen molar-refractivity contribution in [3.63, 3.8) is 0 Å². The molecule has 0 atom stereocenters. The average molecular weight is 276 g/mol. The smallest absolute Gasteiger partial charge is 0.229 e. The van der Waals surface area contributed by atoms with Crippen molar-refractivity contribution in [1.82, 2.24) is 20.4 Å². The molecule has 1 aliphatic heterocycles. The minimum absolute atomic E-state index is 0.565. The van der Waals surface area contributed by atoms with E-state index in [0.717, 1.165) is 30.2 Å². The molecule has 3 aliphatic rings. The Morgan fingerprint density at radius 2 is 1.90 bits per heavy atom. The lowest BCUT2D eigenvalue weighted by Crippen LogP contribution is -2.37. The third kappa shape index (κ3) is 3.04. The summed E-state index contributed by atoms with van der Waals surface area (Å²) in [7, 11) is 0. The van der Waals surface area contributed by atoms with Crippen molar-refractivity contribution in [2.75, 3.05) is 19.6 Å². The molecule has 2 saturated carbocycles. The van der Waals surface area contributed by atoms with Crippen LogP contribution in [0.1, 0.15) is 56.2 Å². The highest BCUT2D eigenvalue weighted by molar-refractivity contribution is 5.02. The van der Waals surface area contributed by atoms with Crippen LogP contribution in [0.5, 0.6) is 0 Å². The zero-order valence-corrected chi connectivity index (χ0v) is 12.1. The van der Waals surface area contributed by atoms with Crippen molar-refractivity contribution in [3.05, 3.63) is 11.7 Å². The van der Waals surface area contributed by atoms with Gasteiger partial charge >= 0.3 is 0 Å². The van der Waals surface area contributed by atoms with E-state index in [1.807, 2.05) is 0 Å². The lowest BCUT2D eigenvalue weighted by molar-refractivity contribution is 0.184. The summed E-state index contributed by atoms with van der Waals surface area (Å²) in [6.45, 7) is 4.44. The van der Waals surface area contributed by atoms with Crippen LogP contribution in [-0.2, 0) is 6.54 Å². The normalized spacial score (nSPS) is 24.4. The van der Waals surface area contributed by atoms with Gasteiger partial charge < -0.3 is 9.84 Å². The first-order valence-electron chi connectivity index (χ1n) is 8.16. The minimum Gasteiger partial charge on any atom is -0.339 e. The lowest BCUT2D eigenvalue weighted by atomic mass is 9.97. The maximum atomic E-state index is 5.38. The van der Waals surface area contributed by atoms with Gasteiger partial charge in [-0.2, -0.15) is 4.98 Å². The molecule has 2 heterocycles. The summed E-state index contributed by atoms with van der Waals surface area (Å²) in [6, 6.07) is 0.771. The molecule has 0 unspecified atom stereocenters. The molecule has 0 bridgehead atoms. The summed E-state index contributed by atoms with van der Waals surface area (Å²) in [5.41, 5.74) is 0. The van der Waals surface area contributed by atoms with Gasteiger partial charge in [0.1, 0.15) is 0 Å². The summed E-state index contributed by atoms with van der Waals surface area (Å²) in [6.07, 6.45) is 7.76. The molecule has 0 amide bonds. The summed E-state index contributed by atoms with van der Waals surface area (Å²) < 4.78 is 5.38. The van der Waals surface area contributed by atoms with E-state index in [2.05, 4.69) is 20.4 Å². The van der Waals surface area contributed by atoms with E-state index in [1.165, 1.54) is 58.2 Å². The van der Waals surface area contributed by atoms with Gasteiger partial charge in [-0.25, -0.2) is 0 Å². The number of hydrogen-bond donors (Lipinski definition) is 1. The van der Waals surface area contributed by atoms with E-state index < -0.39 is 0 Å². The van der Waals surface area contributed by atoms with Crippen LogP contribution in [0.3, 0.4) is 0 Å². The molecule has 4 rings (SSSR count). The third-order valence-corrected chi connectivity index (χ3v) is 4.77. The van der Waals surface area contributed by atoms with Crippen LogP contribution in [0.4, 0.5) is 0 Å². The molecule has 20 heavy (non-hydrogen) atoms. The van der Waals surface area contributed by atoms with Crippen LogP contribution in [0.25, 0.3) is 0 Å². The first kappa shape index (κ1) is 12.8. The number of nitrogens with zero attached hydrogens (tertiary/aromatic N) is 3. The molecule has 5 nitrogen and oxygen atoms in total. The zero-order valence-electron chi connectivity index (χ0n) is 12.1. The fraction of sp³-hybridized carbons (Fsp3) is 0.867. The summed E-state index contributed by atoms with van der Waals surface area (Å²) in [5.74, 6) is 3.17. The Kier molecular flexibility index (Phi) is 3.48. The van der Waals surface area contributed by atoms with Crippen molar-refractivity contribution >= 4 is 0 Å². The molecule has 110 valence electrons. The van der Waals surface area contributed by atoms with Crippen molar-refractivity contribution in [2.24, 2.45) is 5.92 Å². The monoisotopic (exact) mass is 276 g/mol. The molecule has 1 aromatic rings. The second-order valence-electron chi connectivity index (χ2n) is 6.68. The fourth-order valence-electron chi connectivity index (χ4n) is 3.19. The number of rotatable bonds is 6. The summed E-state index contributed by atoms with van der Waals surface area (Å²) in [5, 5.41) is 7.63. The minimum atomic E-state index is 0.565. The number of nitrogens with one attached hydrogen (secondary N) is 1. The maximum absolute atomic E-state index is 5.38. The highest BCUT2D eigenvalue weighted by atomic mass is 16.5. The summed E-state index contributed by atoms with van der Waals surface area (Å²) >= 11 is 0. The average Bonchev–Trinajstić information content (AvgIpc) is 3.39. The molecule has 3 fully saturated rings. The van der Waals surface area contributed by atoms with Crippen LogP contribution in [0, 0.1) is 5.92 Å². The molecule has 0 radical (unpaired) electrons. The number of hydrogen-bond acceptors (Lipinski definition) is 5. The van der Waals surface area contributed by atoms with E-state index in [0.29, 0.717) is 5.92 Å². The molecular formula is C15H24N4O. The van der Waals surface area contributed by atoms with Crippen molar-refractivity contribution in [1.29, 1.82) is 0 Å². The van der Waals surface area contributed by atoms with Crippen LogP contribution >= 0.6 is 0 Å². The van der Waals surface area contributed by atoms with Crippen LogP contribution in [0.2, 0.25) is 0 Å². The van der Waals surface area contributed by atoms with E-state index in [1.54, 1.807) is 0 Å². The molecule has 2 aliphatic carbocycles. The SMILES string of the molecule is C1CC(CN(Cc2noc(C3CC3)n2)C2CC2)CCN1. The van der Waals surface area contributed by atoms with Gasteiger partial charge in [0.05, 0.1) is 6.54 Å². The topological polar surface area (TPSA) is 54.2 Å². The zero-order chi connectivity index (χ0) is 13.4. The van der Waals surface area contributed by atoms with E-state index >= 15 is 0 Å². The van der Waals surface area contributed by atoms with Gasteiger partial charge in [0, 0.05) is 18.5 Å². The van der Waals surface area contributed by atoms with Gasteiger partial charge in [-0.15, -0.1) is 0 Å². The van der Waals surface area contributed by atoms with Crippen LogP contribution in [-0.4, -0.2) is 40.7 Å². The van der Waals surface area contributed by atoms with Gasteiger partial charge in [0.2, 0.25) is 5.89 Å². The Balaban J connectivity index is 1.37. The van der Waals surface area contributed by atoms with Crippen LogP contribution in [0.15, 0.2) is 4.52 Å². The first-order valence-corrected chi connectivity index (χ1v) is 8.16. The van der Waals surface area contributed by atoms with E-state index in [9.17, 15) is 0 Å². The Hall–Kier alpha value is -0.940. The second kappa shape index (κ2) is 5.45. The largest absolute Gasteiger partial charge is 0.339 e. The Morgan fingerprint density at radius 1 is 1.10 bits per heavy atom. The third-order valence-electron chi connectivity index (χ3n) is 4.77. The van der Waals surface area contributed by atoms with Crippen LogP contribution < -0.4 is 5.32 Å². The van der Waals surface area contributed by atoms with Gasteiger partial charge in [0.15, 0.2) is 5.82 Å². The Labute approximate surface area is 120 Å². The van der Waals surface area contributed by atoms with E-state index in [4.69, 9.17) is 4.52 Å². The molecule has 1 N–H and O–H groups in total. The standard InChI is InChI=1S/C15H24N4O/c1-2-12(1)15-17-14(18-20-15)10-19(13-3-4-13)9-11-5-7-16-8-6-11/h11-13,16H,1-10H2. The maximum Gasteiger partial charge on any atom is 0.229 e. The Morgan fingerprint density at radius 3 is 2.60 bits per heavy atom. The van der Waals surface area contributed by atoms with E-state index in [-0.39, 0.29) is 0 Å². The lowest BCUT2D eigenvalue weighted by Gasteiger charge is -2.29. The van der Waals surface area contributed by atoms with Crippen molar-refractivity contribution < 1.29 is 4.52 Å². The quantitative estimate of drug-likeness (QED) is 0.860. The second-order valence-corrected chi connectivity index (χ2v) is 6.68. The Bertz CT molecular complexity index is 446. The first-order chi connectivity index (χ1) is 9.88. The van der Waals surface area contributed by atoms with Gasteiger partial charge in [0.25, 0.3) is 0 Å². The fourth-order valence-corrected chi connectivity index (χ4v) is 3.19. The predicted molar refractivity (Wildman–Crippen MR) is 75.3 cm³/mol. The number of piperidine rings is 1. The molecular weight excluding hydrogens is 252 g/mol. The molecule has 1 saturated heterocycles. The van der Waals surface area contributed by atoms with Gasteiger partial charge in [-0.3, -0.25) is 4.90 Å². The molecule has 0 aromatic carbocycles. The van der Waals surface area contributed by atoms with Gasteiger partial charge in [-0.05, 0) is 57.5 Å². The summed E-state index contributed by atoms with van der Waals surface area (Å²) in [4.78, 5) is 7.18. The van der Waals surface area contributed by atoms with Crippen molar-refractivity contribution in [3.8, 4) is 0 Å². The highest BCUT2D eigenvalue weighted by Gasteiger charge is 2.33. The highest BCUT2D eigenvalue weighted by Crippen LogP contribution is 2.39. The molecule has 1 aromatic heterocycles. The predicted octanol–water partition coefficient (Wildman–Crippen LogP) is 1.91. The molecule has 0 spiro atoms. The number of aromatic nitrogens is 2. The van der Waals surface area contributed by atoms with Gasteiger partial charge in [-0.1, -0.05) is 5.16 Å².